The van der Waals surface area contributed by atoms with Gasteiger partial charge in [-0.2, -0.15) is 0 Å². The SMILES string of the molecule is O=c1c(OC2OC(CO)C(O)C(O)C2O)c(-c2ccc(O)c(O)c2)oc2cc(O)ccc12. The molecule has 0 amide bonds. The topological polar surface area (TPSA) is 190 Å². The monoisotopic (exact) mass is 448 g/mol. The van der Waals surface area contributed by atoms with Crippen LogP contribution in [0.3, 0.4) is 0 Å². The van der Waals surface area contributed by atoms with Crippen LogP contribution >= 0.6 is 0 Å². The highest BCUT2D eigenvalue weighted by molar-refractivity contribution is 5.83. The third kappa shape index (κ3) is 3.72. The minimum atomic E-state index is -1.79. The van der Waals surface area contributed by atoms with Crippen molar-refractivity contribution in [3.63, 3.8) is 0 Å². The number of hydrogen-bond donors (Lipinski definition) is 7. The molecule has 7 N–H and O–H groups in total. The average Bonchev–Trinajstić information content (AvgIpc) is 2.77. The van der Waals surface area contributed by atoms with Crippen LogP contribution in [0.25, 0.3) is 22.3 Å². The molecule has 1 aromatic heterocycles. The van der Waals surface area contributed by atoms with Crippen LogP contribution in [0.4, 0.5) is 0 Å². The first kappa shape index (κ1) is 21.9. The molecule has 3 aromatic rings. The third-order valence-electron chi connectivity index (χ3n) is 5.15. The normalized spacial score (nSPS) is 25.7. The molecule has 11 nitrogen and oxygen atoms in total. The molecular weight excluding hydrogens is 428 g/mol. The molecule has 1 fully saturated rings. The Bertz CT molecular complexity index is 1200. The van der Waals surface area contributed by atoms with Crippen LogP contribution in [0.5, 0.6) is 23.0 Å². The largest absolute Gasteiger partial charge is 0.508 e. The van der Waals surface area contributed by atoms with E-state index in [0.717, 1.165) is 12.1 Å². The molecule has 170 valence electrons. The van der Waals surface area contributed by atoms with Gasteiger partial charge in [0.1, 0.15) is 35.7 Å². The summed E-state index contributed by atoms with van der Waals surface area (Å²) < 4.78 is 16.6. The Morgan fingerprint density at radius 3 is 2.34 bits per heavy atom. The fraction of sp³-hybridized carbons (Fsp3) is 0.286. The van der Waals surface area contributed by atoms with Gasteiger partial charge in [0.15, 0.2) is 17.3 Å². The summed E-state index contributed by atoms with van der Waals surface area (Å²) in [7, 11) is 0. The number of rotatable bonds is 4. The van der Waals surface area contributed by atoms with E-state index in [1.807, 2.05) is 0 Å². The Kier molecular flexibility index (Phi) is 5.67. The van der Waals surface area contributed by atoms with Crippen molar-refractivity contribution in [2.24, 2.45) is 0 Å². The minimum Gasteiger partial charge on any atom is -0.508 e. The molecule has 0 spiro atoms. The maximum atomic E-state index is 13.2. The van der Waals surface area contributed by atoms with Crippen LogP contribution in [0.1, 0.15) is 0 Å². The number of ether oxygens (including phenoxy) is 2. The molecule has 0 saturated carbocycles. The van der Waals surface area contributed by atoms with E-state index in [4.69, 9.17) is 13.9 Å². The molecule has 0 bridgehead atoms. The highest BCUT2D eigenvalue weighted by Crippen LogP contribution is 2.37. The quantitative estimate of drug-likeness (QED) is 0.261. The average molecular weight is 448 g/mol. The Labute approximate surface area is 179 Å². The molecule has 1 aliphatic rings. The summed E-state index contributed by atoms with van der Waals surface area (Å²) in [5, 5.41) is 68.8. The van der Waals surface area contributed by atoms with E-state index in [1.165, 1.54) is 24.3 Å². The Morgan fingerprint density at radius 2 is 1.66 bits per heavy atom. The Balaban J connectivity index is 1.87. The highest BCUT2D eigenvalue weighted by Gasteiger charge is 2.45. The van der Waals surface area contributed by atoms with Gasteiger partial charge in [0.2, 0.25) is 17.5 Å². The van der Waals surface area contributed by atoms with E-state index < -0.39 is 60.0 Å². The van der Waals surface area contributed by atoms with Crippen molar-refractivity contribution in [1.29, 1.82) is 0 Å². The van der Waals surface area contributed by atoms with Gasteiger partial charge in [-0.05, 0) is 30.3 Å². The lowest BCUT2D eigenvalue weighted by molar-refractivity contribution is -0.277. The van der Waals surface area contributed by atoms with Crippen molar-refractivity contribution in [1.82, 2.24) is 0 Å². The number of phenolic OH excluding ortho intramolecular Hbond substituents is 3. The van der Waals surface area contributed by atoms with Crippen LogP contribution in [-0.4, -0.2) is 73.1 Å². The zero-order chi connectivity index (χ0) is 23.2. The number of aliphatic hydroxyl groups excluding tert-OH is 4. The molecule has 5 atom stereocenters. The number of phenols is 3. The van der Waals surface area contributed by atoms with E-state index >= 15 is 0 Å². The molecule has 4 rings (SSSR count). The lowest BCUT2D eigenvalue weighted by Crippen LogP contribution is -2.60. The Morgan fingerprint density at radius 1 is 0.906 bits per heavy atom. The predicted molar refractivity (Wildman–Crippen MR) is 107 cm³/mol. The summed E-state index contributed by atoms with van der Waals surface area (Å²) in [6, 6.07) is 7.30. The maximum Gasteiger partial charge on any atom is 0.235 e. The van der Waals surface area contributed by atoms with E-state index in [1.54, 1.807) is 0 Å². The first-order valence-corrected chi connectivity index (χ1v) is 9.50. The standard InChI is InChI=1S/C21H20O11/c22-7-14-16(27)17(28)18(29)21(31-14)32-20-15(26)10-3-2-9(23)6-13(10)30-19(20)8-1-4-11(24)12(25)5-8/h1-6,14,16-18,21-25,27-29H,7H2. The lowest BCUT2D eigenvalue weighted by atomic mass is 9.99. The van der Waals surface area contributed by atoms with E-state index in [0.29, 0.717) is 0 Å². The second kappa shape index (κ2) is 8.30. The number of hydrogen-bond acceptors (Lipinski definition) is 11. The van der Waals surface area contributed by atoms with E-state index in [2.05, 4.69) is 0 Å². The van der Waals surface area contributed by atoms with Crippen LogP contribution in [0.2, 0.25) is 0 Å². The van der Waals surface area contributed by atoms with Crippen LogP contribution in [-0.2, 0) is 4.74 Å². The maximum absolute atomic E-state index is 13.2. The smallest absolute Gasteiger partial charge is 0.235 e. The molecule has 0 radical (unpaired) electrons. The van der Waals surface area contributed by atoms with Crippen molar-refractivity contribution in [3.05, 3.63) is 46.6 Å². The second-order valence-corrected chi connectivity index (χ2v) is 7.29. The Hall–Kier alpha value is -3.35. The molecule has 1 saturated heterocycles. The van der Waals surface area contributed by atoms with Gasteiger partial charge in [-0.25, -0.2) is 0 Å². The minimum absolute atomic E-state index is 0.00846. The van der Waals surface area contributed by atoms with E-state index in [-0.39, 0.29) is 28.0 Å². The van der Waals surface area contributed by atoms with Crippen LogP contribution in [0.15, 0.2) is 45.6 Å². The van der Waals surface area contributed by atoms with Crippen LogP contribution < -0.4 is 10.2 Å². The van der Waals surface area contributed by atoms with Gasteiger partial charge in [0, 0.05) is 11.6 Å². The summed E-state index contributed by atoms with van der Waals surface area (Å²) in [5.74, 6) is -1.83. The fourth-order valence-electron chi connectivity index (χ4n) is 3.41. The van der Waals surface area contributed by atoms with Gasteiger partial charge in [0.05, 0.1) is 12.0 Å². The van der Waals surface area contributed by atoms with Crippen LogP contribution in [0, 0.1) is 0 Å². The van der Waals surface area contributed by atoms with Gasteiger partial charge in [-0.1, -0.05) is 0 Å². The molecule has 2 heterocycles. The molecule has 32 heavy (non-hydrogen) atoms. The van der Waals surface area contributed by atoms with Gasteiger partial charge >= 0.3 is 0 Å². The van der Waals surface area contributed by atoms with Gasteiger partial charge in [-0.3, -0.25) is 4.79 Å². The molecule has 5 unspecified atom stereocenters. The number of fused-ring (bicyclic) bond motifs is 1. The van der Waals surface area contributed by atoms with Crippen molar-refractivity contribution in [2.45, 2.75) is 30.7 Å². The summed E-state index contributed by atoms with van der Waals surface area (Å²) in [5.41, 5.74) is -0.647. The summed E-state index contributed by atoms with van der Waals surface area (Å²) in [6.45, 7) is -0.699. The third-order valence-corrected chi connectivity index (χ3v) is 5.15. The molecule has 1 aliphatic heterocycles. The zero-order valence-corrected chi connectivity index (χ0v) is 16.3. The van der Waals surface area contributed by atoms with Crippen molar-refractivity contribution < 1.29 is 49.6 Å². The van der Waals surface area contributed by atoms with Gasteiger partial charge < -0.3 is 49.6 Å². The lowest BCUT2D eigenvalue weighted by Gasteiger charge is -2.39. The fourth-order valence-corrected chi connectivity index (χ4v) is 3.41. The number of benzene rings is 2. The second-order valence-electron chi connectivity index (χ2n) is 7.29. The van der Waals surface area contributed by atoms with Crippen molar-refractivity contribution in [3.8, 4) is 34.3 Å². The van der Waals surface area contributed by atoms with Crippen molar-refractivity contribution in [2.75, 3.05) is 6.61 Å². The van der Waals surface area contributed by atoms with Gasteiger partial charge in [0.25, 0.3) is 0 Å². The predicted octanol–water partition coefficient (Wildman–Crippen LogP) is -0.244. The van der Waals surface area contributed by atoms with E-state index in [9.17, 15) is 40.5 Å². The highest BCUT2D eigenvalue weighted by atomic mass is 16.7. The van der Waals surface area contributed by atoms with Crippen molar-refractivity contribution >= 4 is 11.0 Å². The molecule has 11 heteroatoms. The molecule has 2 aromatic carbocycles. The molecular formula is C21H20O11. The van der Waals surface area contributed by atoms with Gasteiger partial charge in [-0.15, -0.1) is 0 Å². The molecule has 0 aliphatic carbocycles. The summed E-state index contributed by atoms with van der Waals surface area (Å²) in [4.78, 5) is 13.2. The first-order chi connectivity index (χ1) is 15.2. The number of aromatic hydroxyl groups is 3. The first-order valence-electron chi connectivity index (χ1n) is 9.50. The summed E-state index contributed by atoms with van der Waals surface area (Å²) >= 11 is 0. The number of aliphatic hydroxyl groups is 4. The zero-order valence-electron chi connectivity index (χ0n) is 16.3. The summed E-state index contributed by atoms with van der Waals surface area (Å²) in [6.07, 6.45) is -8.10.